The van der Waals surface area contributed by atoms with Gasteiger partial charge in [-0.2, -0.15) is 13.2 Å². The van der Waals surface area contributed by atoms with Gasteiger partial charge < -0.3 is 10.2 Å². The van der Waals surface area contributed by atoms with E-state index in [1.165, 1.54) is 4.90 Å². The predicted octanol–water partition coefficient (Wildman–Crippen LogP) is 6.75. The third kappa shape index (κ3) is 8.45. The van der Waals surface area contributed by atoms with Crippen LogP contribution in [0.15, 0.2) is 72.8 Å². The summed E-state index contributed by atoms with van der Waals surface area (Å²) in [7, 11) is 0. The normalized spacial score (nSPS) is 12.6. The van der Waals surface area contributed by atoms with Gasteiger partial charge in [0.2, 0.25) is 5.91 Å². The van der Waals surface area contributed by atoms with E-state index in [2.05, 4.69) is 0 Å². The van der Waals surface area contributed by atoms with Crippen molar-refractivity contribution >= 4 is 17.3 Å². The summed E-state index contributed by atoms with van der Waals surface area (Å²) < 4.78 is 83.1. The molecule has 0 saturated heterocycles. The van der Waals surface area contributed by atoms with E-state index in [0.717, 1.165) is 12.1 Å². The zero-order chi connectivity index (χ0) is 28.8. The molecule has 0 fully saturated rings. The summed E-state index contributed by atoms with van der Waals surface area (Å²) in [6.07, 6.45) is -6.83. The molecular formula is C27H25F6N3O3. The van der Waals surface area contributed by atoms with Gasteiger partial charge in [0.1, 0.15) is 0 Å². The van der Waals surface area contributed by atoms with Crippen LogP contribution >= 0.6 is 0 Å². The molecule has 39 heavy (non-hydrogen) atoms. The van der Waals surface area contributed by atoms with E-state index in [4.69, 9.17) is 0 Å². The van der Waals surface area contributed by atoms with E-state index in [9.17, 15) is 36.9 Å². The Morgan fingerprint density at radius 2 is 1.44 bits per heavy atom. The Balaban J connectivity index is 2.16. The van der Waals surface area contributed by atoms with Crippen LogP contribution in [0.5, 0.6) is 0 Å². The van der Waals surface area contributed by atoms with E-state index in [1.54, 1.807) is 66.0 Å². The molecule has 0 radical (unpaired) electrons. The number of alkyl halides is 5. The number of nitrogens with one attached hydrogen (secondary N) is 1. The summed E-state index contributed by atoms with van der Waals surface area (Å²) in [5, 5.41) is 13.6. The third-order valence-corrected chi connectivity index (χ3v) is 5.77. The second kappa shape index (κ2) is 12.2. The Morgan fingerprint density at radius 1 is 0.923 bits per heavy atom. The molecule has 1 N–H and O–H groups in total. The summed E-state index contributed by atoms with van der Waals surface area (Å²) in [4.78, 5) is 25.0. The number of halogens is 6. The average molecular weight is 554 g/mol. The van der Waals surface area contributed by atoms with Gasteiger partial charge in [-0.3, -0.25) is 14.9 Å². The molecule has 1 unspecified atom stereocenters. The monoisotopic (exact) mass is 553 g/mol. The molecule has 0 aromatic heterocycles. The minimum atomic E-state index is -4.97. The highest BCUT2D eigenvalue weighted by Crippen LogP contribution is 2.40. The molecule has 0 bridgehead atoms. The first-order chi connectivity index (χ1) is 18.2. The molecule has 6 nitrogen and oxygen atoms in total. The van der Waals surface area contributed by atoms with Gasteiger partial charge in [0.05, 0.1) is 23.8 Å². The van der Waals surface area contributed by atoms with E-state index >= 15 is 4.39 Å². The first-order valence-electron chi connectivity index (χ1n) is 11.8. The number of amides is 1. The van der Waals surface area contributed by atoms with Crippen molar-refractivity contribution in [2.45, 2.75) is 44.5 Å². The maximum Gasteiger partial charge on any atom is 0.390 e. The lowest BCUT2D eigenvalue weighted by Gasteiger charge is -2.27. The number of benzene rings is 3. The van der Waals surface area contributed by atoms with Gasteiger partial charge in [-0.15, -0.1) is 0 Å². The van der Waals surface area contributed by atoms with Gasteiger partial charge >= 0.3 is 6.18 Å². The van der Waals surface area contributed by atoms with Crippen molar-refractivity contribution in [3.05, 3.63) is 105 Å². The van der Waals surface area contributed by atoms with Crippen LogP contribution in [-0.2, 0) is 17.9 Å². The topological polar surface area (TPSA) is 75.5 Å². The lowest BCUT2D eigenvalue weighted by molar-refractivity contribution is -0.384. The Morgan fingerprint density at radius 3 is 1.87 bits per heavy atom. The average Bonchev–Trinajstić information content (AvgIpc) is 2.85. The molecular weight excluding hydrogens is 528 g/mol. The lowest BCUT2D eigenvalue weighted by atomic mass is 9.92. The molecule has 0 aliphatic heterocycles. The number of nitrogens with zero attached hydrogens (tertiary/aromatic N) is 2. The van der Waals surface area contributed by atoms with Crippen molar-refractivity contribution < 1.29 is 36.1 Å². The molecule has 1 amide bonds. The highest BCUT2D eigenvalue weighted by Gasteiger charge is 2.40. The Bertz CT molecular complexity index is 1240. The van der Waals surface area contributed by atoms with Crippen molar-refractivity contribution in [1.29, 1.82) is 0 Å². The number of carbonyl (C=O) groups excluding carboxylic acids is 1. The van der Waals surface area contributed by atoms with Crippen LogP contribution in [0.25, 0.3) is 0 Å². The van der Waals surface area contributed by atoms with Crippen molar-refractivity contribution in [1.82, 2.24) is 5.32 Å². The van der Waals surface area contributed by atoms with Crippen LogP contribution in [-0.4, -0.2) is 29.5 Å². The largest absolute Gasteiger partial charge is 0.390 e. The summed E-state index contributed by atoms with van der Waals surface area (Å²) >= 11 is 0. The maximum absolute atomic E-state index is 16.2. The fourth-order valence-corrected chi connectivity index (χ4v) is 4.05. The van der Waals surface area contributed by atoms with Crippen LogP contribution in [0.2, 0.25) is 0 Å². The molecule has 0 saturated carbocycles. The van der Waals surface area contributed by atoms with Crippen molar-refractivity contribution in [3.8, 4) is 0 Å². The van der Waals surface area contributed by atoms with E-state index in [-0.39, 0.29) is 13.1 Å². The molecule has 0 aliphatic carbocycles. The molecule has 3 aromatic carbocycles. The molecule has 0 heterocycles. The van der Waals surface area contributed by atoms with Crippen molar-refractivity contribution in [3.63, 3.8) is 0 Å². The Hall–Kier alpha value is -4.09. The van der Waals surface area contributed by atoms with Gasteiger partial charge in [-0.25, -0.2) is 13.2 Å². The number of anilines is 1. The maximum atomic E-state index is 16.2. The highest BCUT2D eigenvalue weighted by atomic mass is 19.4. The quantitative estimate of drug-likeness (QED) is 0.162. The first kappa shape index (κ1) is 29.5. The van der Waals surface area contributed by atoms with Crippen LogP contribution in [0.1, 0.15) is 36.0 Å². The van der Waals surface area contributed by atoms with Gasteiger partial charge in [0.15, 0.2) is 11.5 Å². The number of carbonyl (C=O) groups is 1. The zero-order valence-electron chi connectivity index (χ0n) is 20.7. The van der Waals surface area contributed by atoms with Crippen molar-refractivity contribution in [2.75, 3.05) is 11.4 Å². The number of nitro benzene ring substituents is 1. The number of nitro groups is 1. The number of hydrogen-bond donors (Lipinski definition) is 1. The summed E-state index contributed by atoms with van der Waals surface area (Å²) in [6, 6.07) is 18.6. The van der Waals surface area contributed by atoms with Gasteiger partial charge in [-0.05, 0) is 17.2 Å². The SMILES string of the molecule is CC(F)(F)CNC(=O)C(CC(F)(F)F)c1ccc([N+](=O)[O-])c(N(Cc2ccccc2)Cc2ccccc2)c1F. The molecule has 0 spiro atoms. The van der Waals surface area contributed by atoms with E-state index < -0.39 is 64.6 Å². The minimum Gasteiger partial charge on any atom is -0.355 e. The van der Waals surface area contributed by atoms with Crippen LogP contribution < -0.4 is 10.2 Å². The fraction of sp³-hybridized carbons (Fsp3) is 0.296. The van der Waals surface area contributed by atoms with Crippen molar-refractivity contribution in [2.24, 2.45) is 0 Å². The lowest BCUT2D eigenvalue weighted by Crippen LogP contribution is -2.39. The molecule has 0 aliphatic rings. The fourth-order valence-electron chi connectivity index (χ4n) is 4.05. The molecule has 208 valence electrons. The van der Waals surface area contributed by atoms with Crippen LogP contribution in [0, 0.1) is 15.9 Å². The minimum absolute atomic E-state index is 0.0604. The first-order valence-corrected chi connectivity index (χ1v) is 11.8. The number of hydrogen-bond acceptors (Lipinski definition) is 4. The molecule has 3 aromatic rings. The van der Waals surface area contributed by atoms with Gasteiger partial charge in [0, 0.05) is 31.6 Å². The molecule has 12 heteroatoms. The van der Waals surface area contributed by atoms with Gasteiger partial charge in [0.25, 0.3) is 11.6 Å². The summed E-state index contributed by atoms with van der Waals surface area (Å²) in [5.41, 5.74) is -0.888. The Labute approximate surface area is 220 Å². The molecule has 3 rings (SSSR count). The Kier molecular flexibility index (Phi) is 9.20. The van der Waals surface area contributed by atoms with Crippen LogP contribution in [0.4, 0.5) is 37.7 Å². The summed E-state index contributed by atoms with van der Waals surface area (Å²) in [6.45, 7) is -0.929. The second-order valence-electron chi connectivity index (χ2n) is 9.08. The molecule has 1 atom stereocenters. The number of rotatable bonds is 11. The smallest absolute Gasteiger partial charge is 0.355 e. The predicted molar refractivity (Wildman–Crippen MR) is 133 cm³/mol. The highest BCUT2D eigenvalue weighted by molar-refractivity contribution is 5.85. The van der Waals surface area contributed by atoms with Crippen LogP contribution in [0.3, 0.4) is 0 Å². The standard InChI is InChI=1S/C27H25F6N3O3/c1-26(29,30)17-34-25(37)21(14-27(31,32)33)20-12-13-22(36(38)39)24(23(20)28)35(15-18-8-4-2-5-9-18)16-19-10-6-3-7-11-19/h2-13,21H,14-17H2,1H3,(H,34,37). The zero-order valence-corrected chi connectivity index (χ0v) is 20.7. The van der Waals surface area contributed by atoms with E-state index in [0.29, 0.717) is 18.1 Å². The second-order valence-corrected chi connectivity index (χ2v) is 9.08. The van der Waals surface area contributed by atoms with Gasteiger partial charge in [-0.1, -0.05) is 60.7 Å². The summed E-state index contributed by atoms with van der Waals surface area (Å²) in [5.74, 6) is -8.59. The van der Waals surface area contributed by atoms with E-state index in [1.807, 2.05) is 0 Å². The third-order valence-electron chi connectivity index (χ3n) is 5.77.